The lowest BCUT2D eigenvalue weighted by molar-refractivity contribution is 0.120. The molecular weight excluding hydrogens is 200 g/mol. The van der Waals surface area contributed by atoms with E-state index in [9.17, 15) is 5.11 Å². The van der Waals surface area contributed by atoms with Gasteiger partial charge < -0.3 is 15.3 Å². The molecule has 1 rings (SSSR count). The van der Waals surface area contributed by atoms with Gasteiger partial charge in [0.2, 0.25) is 0 Å². The summed E-state index contributed by atoms with van der Waals surface area (Å²) in [5, 5.41) is 13.2. The van der Waals surface area contributed by atoms with Crippen LogP contribution in [0.3, 0.4) is 0 Å². The molecule has 0 saturated carbocycles. The molecule has 0 aromatic heterocycles. The molecule has 0 aliphatic carbocycles. The van der Waals surface area contributed by atoms with Gasteiger partial charge in [0.25, 0.3) is 0 Å². The van der Waals surface area contributed by atoms with Crippen molar-refractivity contribution in [2.75, 3.05) is 32.7 Å². The zero-order valence-electron chi connectivity index (χ0n) is 11.1. The number of hydrogen-bond acceptors (Lipinski definition) is 3. The lowest BCUT2D eigenvalue weighted by Gasteiger charge is -2.25. The molecule has 96 valence electrons. The second-order valence-electron chi connectivity index (χ2n) is 5.81. The van der Waals surface area contributed by atoms with E-state index in [1.54, 1.807) is 0 Å². The lowest BCUT2D eigenvalue weighted by Crippen LogP contribution is -2.39. The molecule has 1 aliphatic rings. The topological polar surface area (TPSA) is 35.5 Å². The van der Waals surface area contributed by atoms with Crippen LogP contribution in [-0.4, -0.2) is 48.8 Å². The molecular formula is C13H28N2O. The number of aliphatic hydroxyl groups is 1. The van der Waals surface area contributed by atoms with Crippen LogP contribution in [0.5, 0.6) is 0 Å². The highest BCUT2D eigenvalue weighted by Crippen LogP contribution is 2.17. The molecule has 1 atom stereocenters. The Balaban J connectivity index is 2.07. The summed E-state index contributed by atoms with van der Waals surface area (Å²) in [6.07, 6.45) is 3.54. The fourth-order valence-corrected chi connectivity index (χ4v) is 2.03. The molecule has 0 aromatic carbocycles. The summed E-state index contributed by atoms with van der Waals surface area (Å²) in [6.45, 7) is 11.6. The van der Waals surface area contributed by atoms with Crippen molar-refractivity contribution in [1.29, 1.82) is 0 Å². The van der Waals surface area contributed by atoms with Crippen LogP contribution in [0.4, 0.5) is 0 Å². The van der Waals surface area contributed by atoms with E-state index in [0.717, 1.165) is 32.7 Å². The maximum absolute atomic E-state index is 9.87. The van der Waals surface area contributed by atoms with Gasteiger partial charge in [-0.25, -0.2) is 0 Å². The minimum absolute atomic E-state index is 0.217. The number of nitrogens with zero attached hydrogens (tertiary/aromatic N) is 1. The van der Waals surface area contributed by atoms with Gasteiger partial charge in [-0.2, -0.15) is 0 Å². The van der Waals surface area contributed by atoms with Crippen molar-refractivity contribution < 1.29 is 5.11 Å². The Labute approximate surface area is 100 Å². The Morgan fingerprint density at radius 3 is 2.50 bits per heavy atom. The molecule has 1 aliphatic heterocycles. The molecule has 0 amide bonds. The van der Waals surface area contributed by atoms with Gasteiger partial charge in [0.1, 0.15) is 0 Å². The maximum atomic E-state index is 9.87. The van der Waals surface area contributed by atoms with Crippen LogP contribution in [0.1, 0.15) is 40.0 Å². The van der Waals surface area contributed by atoms with E-state index in [-0.39, 0.29) is 6.10 Å². The van der Waals surface area contributed by atoms with Crippen LogP contribution in [0.15, 0.2) is 0 Å². The third-order valence-corrected chi connectivity index (χ3v) is 3.61. The summed E-state index contributed by atoms with van der Waals surface area (Å²) in [7, 11) is 0. The number of hydrogen-bond donors (Lipinski definition) is 2. The van der Waals surface area contributed by atoms with Crippen LogP contribution in [0, 0.1) is 5.41 Å². The number of β-amino-alcohol motifs (C(OH)–C–C–N with tert-alkyl or cyclic N) is 1. The highest BCUT2D eigenvalue weighted by Gasteiger charge is 2.17. The summed E-state index contributed by atoms with van der Waals surface area (Å²) in [6, 6.07) is 0. The van der Waals surface area contributed by atoms with Crippen molar-refractivity contribution in [1.82, 2.24) is 10.2 Å². The van der Waals surface area contributed by atoms with Crippen molar-refractivity contribution in [3.63, 3.8) is 0 Å². The average molecular weight is 228 g/mol. The summed E-state index contributed by atoms with van der Waals surface area (Å²) < 4.78 is 0. The molecule has 0 spiro atoms. The zero-order chi connectivity index (χ0) is 12.0. The van der Waals surface area contributed by atoms with E-state index in [4.69, 9.17) is 0 Å². The van der Waals surface area contributed by atoms with Crippen LogP contribution in [0.2, 0.25) is 0 Å². The van der Waals surface area contributed by atoms with E-state index >= 15 is 0 Å². The summed E-state index contributed by atoms with van der Waals surface area (Å²) in [5.74, 6) is 0. The summed E-state index contributed by atoms with van der Waals surface area (Å²) >= 11 is 0. The normalized spacial score (nSPS) is 20.2. The van der Waals surface area contributed by atoms with Gasteiger partial charge in [-0.15, -0.1) is 0 Å². The largest absolute Gasteiger partial charge is 0.390 e. The standard InChI is InChI=1S/C13H28N2O/c1-4-13(2,3)11-14-9-12(16)10-15-7-5-6-8-15/h12,14,16H,4-11H2,1-3H3. The monoisotopic (exact) mass is 228 g/mol. The van der Waals surface area contributed by atoms with E-state index < -0.39 is 0 Å². The van der Waals surface area contributed by atoms with Gasteiger partial charge in [-0.05, 0) is 37.8 Å². The minimum atomic E-state index is -0.217. The van der Waals surface area contributed by atoms with Crippen molar-refractivity contribution >= 4 is 0 Å². The van der Waals surface area contributed by atoms with E-state index in [0.29, 0.717) is 5.41 Å². The van der Waals surface area contributed by atoms with E-state index in [2.05, 4.69) is 31.0 Å². The van der Waals surface area contributed by atoms with Gasteiger partial charge >= 0.3 is 0 Å². The highest BCUT2D eigenvalue weighted by atomic mass is 16.3. The first kappa shape index (κ1) is 13.9. The Kier molecular flexibility index (Phi) is 5.73. The minimum Gasteiger partial charge on any atom is -0.390 e. The molecule has 2 N–H and O–H groups in total. The van der Waals surface area contributed by atoms with Crippen molar-refractivity contribution in [2.45, 2.75) is 46.1 Å². The average Bonchev–Trinajstić information content (AvgIpc) is 2.70. The molecule has 1 heterocycles. The highest BCUT2D eigenvalue weighted by molar-refractivity contribution is 4.74. The van der Waals surface area contributed by atoms with Gasteiger partial charge in [0.05, 0.1) is 6.10 Å². The number of likely N-dealkylation sites (tertiary alicyclic amines) is 1. The fraction of sp³-hybridized carbons (Fsp3) is 1.00. The van der Waals surface area contributed by atoms with Crippen molar-refractivity contribution in [2.24, 2.45) is 5.41 Å². The quantitative estimate of drug-likeness (QED) is 0.692. The fourth-order valence-electron chi connectivity index (χ4n) is 2.03. The second-order valence-corrected chi connectivity index (χ2v) is 5.81. The van der Waals surface area contributed by atoms with Crippen LogP contribution in [-0.2, 0) is 0 Å². The zero-order valence-corrected chi connectivity index (χ0v) is 11.1. The molecule has 3 nitrogen and oxygen atoms in total. The van der Waals surface area contributed by atoms with E-state index in [1.165, 1.54) is 19.3 Å². The predicted octanol–water partition coefficient (Wildman–Crippen LogP) is 1.47. The first-order chi connectivity index (χ1) is 7.53. The molecule has 16 heavy (non-hydrogen) atoms. The van der Waals surface area contributed by atoms with Gasteiger partial charge in [0.15, 0.2) is 0 Å². The van der Waals surface area contributed by atoms with Gasteiger partial charge in [-0.1, -0.05) is 20.8 Å². The smallest absolute Gasteiger partial charge is 0.0791 e. The Morgan fingerprint density at radius 1 is 1.31 bits per heavy atom. The van der Waals surface area contributed by atoms with Gasteiger partial charge in [-0.3, -0.25) is 0 Å². The molecule has 1 saturated heterocycles. The first-order valence-corrected chi connectivity index (χ1v) is 6.64. The third kappa shape index (κ3) is 5.28. The molecule has 1 fully saturated rings. The Bertz CT molecular complexity index is 188. The van der Waals surface area contributed by atoms with Crippen LogP contribution >= 0.6 is 0 Å². The summed E-state index contributed by atoms with van der Waals surface area (Å²) in [5.41, 5.74) is 0.341. The second kappa shape index (κ2) is 6.58. The Morgan fingerprint density at radius 2 is 1.94 bits per heavy atom. The summed E-state index contributed by atoms with van der Waals surface area (Å²) in [4.78, 5) is 2.36. The molecule has 0 radical (unpaired) electrons. The number of rotatable bonds is 7. The van der Waals surface area contributed by atoms with Crippen molar-refractivity contribution in [3.05, 3.63) is 0 Å². The van der Waals surface area contributed by atoms with Crippen molar-refractivity contribution in [3.8, 4) is 0 Å². The molecule has 1 unspecified atom stereocenters. The van der Waals surface area contributed by atoms with Crippen LogP contribution in [0.25, 0.3) is 0 Å². The third-order valence-electron chi connectivity index (χ3n) is 3.61. The maximum Gasteiger partial charge on any atom is 0.0791 e. The lowest BCUT2D eigenvalue weighted by atomic mass is 9.90. The van der Waals surface area contributed by atoms with E-state index in [1.807, 2.05) is 0 Å². The predicted molar refractivity (Wildman–Crippen MR) is 68.6 cm³/mol. The van der Waals surface area contributed by atoms with Gasteiger partial charge in [0, 0.05) is 19.6 Å². The molecule has 0 bridgehead atoms. The van der Waals surface area contributed by atoms with Crippen LogP contribution < -0.4 is 5.32 Å². The molecule has 0 aromatic rings. The number of aliphatic hydroxyl groups excluding tert-OH is 1. The molecule has 3 heteroatoms. The first-order valence-electron chi connectivity index (χ1n) is 6.64. The number of nitrogens with one attached hydrogen (secondary N) is 1. The SMILES string of the molecule is CCC(C)(C)CNCC(O)CN1CCCC1. The Hall–Kier alpha value is -0.120.